The molecular formula is C19H24N2S. The molecule has 116 valence electrons. The van der Waals surface area contributed by atoms with Crippen LogP contribution in [0.15, 0.2) is 42.5 Å². The lowest BCUT2D eigenvalue weighted by Gasteiger charge is -2.21. The van der Waals surface area contributed by atoms with Crippen LogP contribution in [0.5, 0.6) is 0 Å². The number of hydrogen-bond acceptors (Lipinski definition) is 1. The molecule has 0 saturated heterocycles. The molecule has 0 spiro atoms. The van der Waals surface area contributed by atoms with Crippen molar-refractivity contribution in [2.45, 2.75) is 40.2 Å². The first-order valence-electron chi connectivity index (χ1n) is 7.71. The molecule has 0 saturated carbocycles. The molecule has 3 heteroatoms. The van der Waals surface area contributed by atoms with Crippen molar-refractivity contribution in [2.75, 3.05) is 5.32 Å². The quantitative estimate of drug-likeness (QED) is 0.773. The maximum Gasteiger partial charge on any atom is 0.171 e. The van der Waals surface area contributed by atoms with Crippen LogP contribution in [0.1, 0.15) is 41.6 Å². The van der Waals surface area contributed by atoms with Crippen molar-refractivity contribution in [3.63, 3.8) is 0 Å². The molecular weight excluding hydrogens is 288 g/mol. The largest absolute Gasteiger partial charge is 0.356 e. The van der Waals surface area contributed by atoms with Crippen LogP contribution in [0.2, 0.25) is 0 Å². The maximum absolute atomic E-state index is 5.49. The zero-order valence-corrected chi connectivity index (χ0v) is 14.6. The van der Waals surface area contributed by atoms with Crippen molar-refractivity contribution in [3.8, 4) is 0 Å². The Labute approximate surface area is 139 Å². The smallest absolute Gasteiger partial charge is 0.171 e. The van der Waals surface area contributed by atoms with E-state index in [1.165, 1.54) is 22.3 Å². The molecule has 0 aliphatic rings. The fourth-order valence-electron chi connectivity index (χ4n) is 2.41. The van der Waals surface area contributed by atoms with E-state index in [-0.39, 0.29) is 6.04 Å². The molecule has 2 rings (SSSR count). The van der Waals surface area contributed by atoms with Gasteiger partial charge in [-0.05, 0) is 62.2 Å². The van der Waals surface area contributed by atoms with E-state index in [1.54, 1.807) is 0 Å². The number of nitrogens with one attached hydrogen (secondary N) is 2. The van der Waals surface area contributed by atoms with E-state index in [1.807, 2.05) is 0 Å². The summed E-state index contributed by atoms with van der Waals surface area (Å²) in [5, 5.41) is 7.40. The van der Waals surface area contributed by atoms with Gasteiger partial charge in [-0.3, -0.25) is 0 Å². The van der Waals surface area contributed by atoms with E-state index in [9.17, 15) is 0 Å². The third-order valence-electron chi connectivity index (χ3n) is 3.83. The summed E-state index contributed by atoms with van der Waals surface area (Å²) < 4.78 is 0. The fourth-order valence-corrected chi connectivity index (χ4v) is 2.66. The van der Waals surface area contributed by atoms with Crippen molar-refractivity contribution in [2.24, 2.45) is 0 Å². The Morgan fingerprint density at radius 3 is 2.27 bits per heavy atom. The molecule has 0 radical (unpaired) electrons. The highest BCUT2D eigenvalue weighted by molar-refractivity contribution is 7.80. The maximum atomic E-state index is 5.49. The lowest BCUT2D eigenvalue weighted by Crippen LogP contribution is -2.32. The van der Waals surface area contributed by atoms with Crippen LogP contribution in [-0.4, -0.2) is 5.11 Å². The van der Waals surface area contributed by atoms with Gasteiger partial charge in [0.1, 0.15) is 0 Å². The van der Waals surface area contributed by atoms with E-state index in [4.69, 9.17) is 12.2 Å². The lowest BCUT2D eigenvalue weighted by atomic mass is 10.0. The Kier molecular flexibility index (Phi) is 5.56. The predicted octanol–water partition coefficient (Wildman–Crippen LogP) is 5.05. The van der Waals surface area contributed by atoms with Gasteiger partial charge in [0.25, 0.3) is 0 Å². The minimum absolute atomic E-state index is 0.228. The molecule has 0 aromatic heterocycles. The molecule has 2 aromatic carbocycles. The molecule has 2 nitrogen and oxygen atoms in total. The summed E-state index contributed by atoms with van der Waals surface area (Å²) in [5.41, 5.74) is 6.02. The molecule has 0 amide bonds. The number of anilines is 1. The standard InChI is InChI=1S/C19H24N2S/c1-5-17(16-10-7-13(2)8-11-16)20-19(22)21-18-12-14(3)6-9-15(18)4/h6-12,17H,5H2,1-4H3,(H2,20,21,22)/t17-/m0/s1. The van der Waals surface area contributed by atoms with Gasteiger partial charge in [0.2, 0.25) is 0 Å². The average Bonchev–Trinajstić information content (AvgIpc) is 2.49. The third kappa shape index (κ3) is 4.31. The minimum Gasteiger partial charge on any atom is -0.356 e. The highest BCUT2D eigenvalue weighted by atomic mass is 32.1. The topological polar surface area (TPSA) is 24.1 Å². The summed E-state index contributed by atoms with van der Waals surface area (Å²) in [5.74, 6) is 0. The van der Waals surface area contributed by atoms with E-state index in [0.717, 1.165) is 12.1 Å². The second-order valence-electron chi connectivity index (χ2n) is 5.79. The summed E-state index contributed by atoms with van der Waals surface area (Å²) >= 11 is 5.49. The molecule has 0 bridgehead atoms. The first-order valence-corrected chi connectivity index (χ1v) is 8.11. The van der Waals surface area contributed by atoms with Crippen molar-refractivity contribution in [3.05, 3.63) is 64.7 Å². The number of aryl methyl sites for hydroxylation is 3. The van der Waals surface area contributed by atoms with Crippen LogP contribution in [0.4, 0.5) is 5.69 Å². The van der Waals surface area contributed by atoms with Gasteiger partial charge >= 0.3 is 0 Å². The Bertz CT molecular complexity index is 647. The van der Waals surface area contributed by atoms with Gasteiger partial charge in [-0.1, -0.05) is 48.9 Å². The molecule has 22 heavy (non-hydrogen) atoms. The second kappa shape index (κ2) is 7.41. The normalized spacial score (nSPS) is 11.8. The van der Waals surface area contributed by atoms with E-state index >= 15 is 0 Å². The number of thiocarbonyl (C=S) groups is 1. The SMILES string of the molecule is CC[C@H](NC(=S)Nc1cc(C)ccc1C)c1ccc(C)cc1. The van der Waals surface area contributed by atoms with Gasteiger partial charge < -0.3 is 10.6 Å². The second-order valence-corrected chi connectivity index (χ2v) is 6.20. The highest BCUT2D eigenvalue weighted by Gasteiger charge is 2.11. The van der Waals surface area contributed by atoms with E-state index < -0.39 is 0 Å². The summed E-state index contributed by atoms with van der Waals surface area (Å²) in [4.78, 5) is 0. The molecule has 0 heterocycles. The van der Waals surface area contributed by atoms with Crippen molar-refractivity contribution < 1.29 is 0 Å². The van der Waals surface area contributed by atoms with E-state index in [0.29, 0.717) is 5.11 Å². The highest BCUT2D eigenvalue weighted by Crippen LogP contribution is 2.19. The fraction of sp³-hybridized carbons (Fsp3) is 0.316. The average molecular weight is 312 g/mol. The number of benzene rings is 2. The summed E-state index contributed by atoms with van der Waals surface area (Å²) in [6.07, 6.45) is 0.984. The van der Waals surface area contributed by atoms with Crippen LogP contribution in [-0.2, 0) is 0 Å². The molecule has 2 aromatic rings. The van der Waals surface area contributed by atoms with Crippen molar-refractivity contribution >= 4 is 23.0 Å². The monoisotopic (exact) mass is 312 g/mol. The Morgan fingerprint density at radius 1 is 1.00 bits per heavy atom. The molecule has 2 N–H and O–H groups in total. The van der Waals surface area contributed by atoms with Crippen LogP contribution >= 0.6 is 12.2 Å². The molecule has 1 atom stereocenters. The van der Waals surface area contributed by atoms with E-state index in [2.05, 4.69) is 80.8 Å². The minimum atomic E-state index is 0.228. The van der Waals surface area contributed by atoms with Crippen LogP contribution in [0.3, 0.4) is 0 Å². The molecule has 0 unspecified atom stereocenters. The third-order valence-corrected chi connectivity index (χ3v) is 4.05. The Morgan fingerprint density at radius 2 is 1.64 bits per heavy atom. The summed E-state index contributed by atoms with van der Waals surface area (Å²) in [6, 6.07) is 15.2. The predicted molar refractivity (Wildman–Crippen MR) is 99.5 cm³/mol. The van der Waals surface area contributed by atoms with Gasteiger partial charge in [0.05, 0.1) is 6.04 Å². The van der Waals surface area contributed by atoms with Crippen LogP contribution in [0, 0.1) is 20.8 Å². The summed E-state index contributed by atoms with van der Waals surface area (Å²) in [6.45, 7) is 8.44. The van der Waals surface area contributed by atoms with Gasteiger partial charge in [0, 0.05) is 5.69 Å². The first kappa shape index (κ1) is 16.5. The zero-order chi connectivity index (χ0) is 16.1. The van der Waals surface area contributed by atoms with Gasteiger partial charge in [0.15, 0.2) is 5.11 Å². The first-order chi connectivity index (χ1) is 10.5. The van der Waals surface area contributed by atoms with Crippen LogP contribution < -0.4 is 10.6 Å². The Hall–Kier alpha value is -1.87. The van der Waals surface area contributed by atoms with Gasteiger partial charge in [-0.15, -0.1) is 0 Å². The molecule has 0 aliphatic heterocycles. The zero-order valence-electron chi connectivity index (χ0n) is 13.7. The van der Waals surface area contributed by atoms with Crippen LogP contribution in [0.25, 0.3) is 0 Å². The number of hydrogen-bond donors (Lipinski definition) is 2. The molecule has 0 fully saturated rings. The van der Waals surface area contributed by atoms with Crippen molar-refractivity contribution in [1.82, 2.24) is 5.32 Å². The lowest BCUT2D eigenvalue weighted by molar-refractivity contribution is 0.629. The van der Waals surface area contributed by atoms with Gasteiger partial charge in [-0.25, -0.2) is 0 Å². The van der Waals surface area contributed by atoms with Crippen molar-refractivity contribution in [1.29, 1.82) is 0 Å². The van der Waals surface area contributed by atoms with Gasteiger partial charge in [-0.2, -0.15) is 0 Å². The Balaban J connectivity index is 2.06. The number of rotatable bonds is 4. The summed E-state index contributed by atoms with van der Waals surface area (Å²) in [7, 11) is 0. The molecule has 0 aliphatic carbocycles.